The summed E-state index contributed by atoms with van der Waals surface area (Å²) in [6.07, 6.45) is 0. The zero-order chi connectivity index (χ0) is 12.0. The average molecular weight is 388 g/mol. The zero-order valence-corrected chi connectivity index (χ0v) is 14.3. The Labute approximate surface area is 133 Å². The predicted octanol–water partition coefficient (Wildman–Crippen LogP) is 5.64. The molecule has 0 aliphatic rings. The van der Waals surface area contributed by atoms with Crippen LogP contribution in [-0.4, -0.2) is 0 Å². The summed E-state index contributed by atoms with van der Waals surface area (Å²) in [5.74, 6) is 0. The summed E-state index contributed by atoms with van der Waals surface area (Å²) in [6.45, 7) is -1.83. The molecule has 0 amide bonds. The third-order valence-corrected chi connectivity index (χ3v) is 5.40. The van der Waals surface area contributed by atoms with Gasteiger partial charge in [-0.25, -0.2) is 24.3 Å². The summed E-state index contributed by atoms with van der Waals surface area (Å²) in [6, 6.07) is 15.4. The molecule has 2 aromatic carbocycles. The molecule has 96 valence electrons. The summed E-state index contributed by atoms with van der Waals surface area (Å²) in [5, 5.41) is 2.06. The van der Waals surface area contributed by atoms with Gasteiger partial charge in [-0.15, -0.1) is 10.6 Å². The van der Waals surface area contributed by atoms with Crippen molar-refractivity contribution in [2.45, 2.75) is 0 Å². The molecule has 2 rings (SSSR count). The Morgan fingerprint density at radius 2 is 0.824 bits per heavy atom. The van der Waals surface area contributed by atoms with Gasteiger partial charge in [-0.05, 0) is 0 Å². The van der Waals surface area contributed by atoms with Crippen LogP contribution in [0.25, 0.3) is 0 Å². The molecule has 0 nitrogen and oxygen atoms in total. The molecular weight excluding hydrogens is 380 g/mol. The van der Waals surface area contributed by atoms with Crippen LogP contribution in [0.5, 0.6) is 0 Å². The molecule has 0 unspecified atom stereocenters. The molecule has 0 radical (unpaired) electrons. The Morgan fingerprint density at radius 3 is 0.941 bits per heavy atom. The van der Waals surface area contributed by atoms with Crippen molar-refractivity contribution < 1.29 is 17.1 Å². The van der Waals surface area contributed by atoms with Crippen LogP contribution in [0.2, 0.25) is 0 Å². The number of halogens is 4. The topological polar surface area (TPSA) is 0 Å². The van der Waals surface area contributed by atoms with Crippen molar-refractivity contribution in [3.05, 3.63) is 48.5 Å². The summed E-state index contributed by atoms with van der Waals surface area (Å²) >= 11 is 22.3. The van der Waals surface area contributed by atoms with Crippen LogP contribution in [-0.2, 0) is 17.1 Å². The second-order valence-corrected chi connectivity index (χ2v) is 9.81. The molecular formula is C10H8Cl4FeP2-2. The van der Waals surface area contributed by atoms with E-state index in [1.54, 1.807) is 0 Å². The van der Waals surface area contributed by atoms with Gasteiger partial charge < -0.3 is 0 Å². The maximum absolute atomic E-state index is 5.57. The van der Waals surface area contributed by atoms with E-state index in [4.69, 9.17) is 45.0 Å². The molecule has 0 atom stereocenters. The first kappa shape index (κ1) is 18.2. The Hall–Kier alpha value is 1.24. The van der Waals surface area contributed by atoms with Crippen LogP contribution >= 0.6 is 58.2 Å². The molecule has 0 spiro atoms. The Morgan fingerprint density at radius 1 is 0.588 bits per heavy atom. The monoisotopic (exact) mass is 386 g/mol. The van der Waals surface area contributed by atoms with Crippen molar-refractivity contribution in [3.8, 4) is 0 Å². The van der Waals surface area contributed by atoms with Gasteiger partial charge in [0, 0.05) is 17.1 Å². The Bertz CT molecular complexity index is 335. The van der Waals surface area contributed by atoms with Gasteiger partial charge >= 0.3 is 0 Å². The zero-order valence-electron chi connectivity index (χ0n) is 8.38. The van der Waals surface area contributed by atoms with Crippen molar-refractivity contribution >= 4 is 68.8 Å². The van der Waals surface area contributed by atoms with Crippen LogP contribution in [0.4, 0.5) is 0 Å². The SMILES string of the molecule is ClP(Cl)[c-]1cccc1.ClP(Cl)[c-]1cccc1.[Fe]. The van der Waals surface area contributed by atoms with Crippen molar-refractivity contribution in [2.75, 3.05) is 0 Å². The van der Waals surface area contributed by atoms with Crippen LogP contribution in [0, 0.1) is 0 Å². The third-order valence-electron chi connectivity index (χ3n) is 1.68. The van der Waals surface area contributed by atoms with E-state index in [1.165, 1.54) is 0 Å². The van der Waals surface area contributed by atoms with Crippen molar-refractivity contribution in [1.29, 1.82) is 0 Å². The predicted molar refractivity (Wildman–Crippen MR) is 80.6 cm³/mol. The smallest absolute Gasteiger partial charge is 0.0589 e. The summed E-state index contributed by atoms with van der Waals surface area (Å²) in [4.78, 5) is 0. The first-order valence-electron chi connectivity index (χ1n) is 4.28. The Balaban J connectivity index is 0.000000284. The molecule has 0 heterocycles. The van der Waals surface area contributed by atoms with Crippen molar-refractivity contribution in [3.63, 3.8) is 0 Å². The summed E-state index contributed by atoms with van der Waals surface area (Å²) in [5.41, 5.74) is 0. The van der Waals surface area contributed by atoms with Crippen LogP contribution in [0.1, 0.15) is 0 Å². The quantitative estimate of drug-likeness (QED) is 0.355. The minimum absolute atomic E-state index is 0. The van der Waals surface area contributed by atoms with E-state index in [0.29, 0.717) is 0 Å². The maximum Gasteiger partial charge on any atom is 0.0589 e. The number of rotatable bonds is 2. The van der Waals surface area contributed by atoms with Crippen LogP contribution in [0.15, 0.2) is 48.5 Å². The summed E-state index contributed by atoms with van der Waals surface area (Å²) in [7, 11) is 0. The molecule has 0 saturated heterocycles. The normalized spacial score (nSPS) is 9.76. The van der Waals surface area contributed by atoms with E-state index in [1.807, 2.05) is 48.5 Å². The van der Waals surface area contributed by atoms with Crippen LogP contribution < -0.4 is 10.6 Å². The molecule has 0 bridgehead atoms. The van der Waals surface area contributed by atoms with E-state index in [0.717, 1.165) is 10.6 Å². The molecule has 0 fully saturated rings. The van der Waals surface area contributed by atoms with Gasteiger partial charge in [0.05, 0.1) is 13.3 Å². The minimum Gasteiger partial charge on any atom is -0.213 e. The second kappa shape index (κ2) is 10.1. The molecule has 0 aromatic heterocycles. The van der Waals surface area contributed by atoms with E-state index < -0.39 is 13.3 Å². The van der Waals surface area contributed by atoms with Crippen LogP contribution in [0.3, 0.4) is 0 Å². The first-order valence-corrected chi connectivity index (χ1v) is 10.6. The fourth-order valence-corrected chi connectivity index (χ4v) is 3.10. The molecule has 0 N–H and O–H groups in total. The molecule has 0 aliphatic heterocycles. The van der Waals surface area contributed by atoms with Gasteiger partial charge in [-0.1, -0.05) is 45.0 Å². The van der Waals surface area contributed by atoms with Gasteiger partial charge in [0.15, 0.2) is 0 Å². The molecule has 2 aromatic rings. The first-order chi connectivity index (χ1) is 7.61. The summed E-state index contributed by atoms with van der Waals surface area (Å²) < 4.78 is 0. The van der Waals surface area contributed by atoms with Gasteiger partial charge in [0.1, 0.15) is 0 Å². The van der Waals surface area contributed by atoms with Gasteiger partial charge in [-0.2, -0.15) is 24.3 Å². The fourth-order valence-electron chi connectivity index (χ4n) is 0.953. The number of hydrogen-bond acceptors (Lipinski definition) is 0. The van der Waals surface area contributed by atoms with E-state index in [2.05, 4.69) is 0 Å². The second-order valence-electron chi connectivity index (χ2n) is 2.75. The van der Waals surface area contributed by atoms with E-state index in [-0.39, 0.29) is 17.1 Å². The average Bonchev–Trinajstić information content (AvgIpc) is 2.93. The maximum atomic E-state index is 5.57. The fraction of sp³-hybridized carbons (Fsp3) is 0. The molecule has 0 saturated carbocycles. The largest absolute Gasteiger partial charge is 0.213 e. The van der Waals surface area contributed by atoms with E-state index in [9.17, 15) is 0 Å². The standard InChI is InChI=1S/2C5H4Cl2P.Fe/c2*6-8(7)5-3-1-2-4-5;/h2*1-4H;/q2*-1;. The van der Waals surface area contributed by atoms with Gasteiger partial charge in [0.2, 0.25) is 0 Å². The molecule has 17 heavy (non-hydrogen) atoms. The molecule has 0 aliphatic carbocycles. The van der Waals surface area contributed by atoms with Crippen molar-refractivity contribution in [1.82, 2.24) is 0 Å². The van der Waals surface area contributed by atoms with Crippen molar-refractivity contribution in [2.24, 2.45) is 0 Å². The van der Waals surface area contributed by atoms with Gasteiger partial charge in [-0.3, -0.25) is 0 Å². The van der Waals surface area contributed by atoms with E-state index >= 15 is 0 Å². The van der Waals surface area contributed by atoms with Gasteiger partial charge in [0.25, 0.3) is 0 Å². The third kappa shape index (κ3) is 7.41. The minimum atomic E-state index is -0.914. The number of hydrogen-bond donors (Lipinski definition) is 0. The molecule has 7 heteroatoms. The Kier molecular flexibility index (Phi) is 10.8.